The molecule has 3 N–H and O–H groups in total. The predicted molar refractivity (Wildman–Crippen MR) is 102 cm³/mol. The molecule has 27 heavy (non-hydrogen) atoms. The number of non-ortho nitro benzene ring substituents is 1. The van der Waals surface area contributed by atoms with Crippen LogP contribution in [0.15, 0.2) is 54.9 Å². The summed E-state index contributed by atoms with van der Waals surface area (Å²) in [6, 6.07) is 11.0. The van der Waals surface area contributed by atoms with Crippen LogP contribution in [-0.2, 0) is 0 Å². The number of phenolic OH excluding ortho intramolecular Hbond substituents is 1. The van der Waals surface area contributed by atoms with Gasteiger partial charge in [-0.3, -0.25) is 19.9 Å². The van der Waals surface area contributed by atoms with Gasteiger partial charge in [0.25, 0.3) is 11.6 Å². The lowest BCUT2D eigenvalue weighted by Gasteiger charge is -2.10. The Bertz CT molecular complexity index is 990. The Hall–Kier alpha value is -3.68. The Morgan fingerprint density at radius 1 is 1.15 bits per heavy atom. The number of amides is 1. The molecule has 0 aliphatic heterocycles. The zero-order valence-electron chi connectivity index (χ0n) is 14.4. The monoisotopic (exact) mass is 366 g/mol. The fourth-order valence-corrected chi connectivity index (χ4v) is 2.75. The first-order valence-electron chi connectivity index (χ1n) is 8.38. The van der Waals surface area contributed by atoms with Crippen LogP contribution in [0, 0.1) is 10.1 Å². The molecule has 2 aromatic carbocycles. The Kier molecular flexibility index (Phi) is 5.46. The minimum absolute atomic E-state index is 0.0158. The third-order valence-electron chi connectivity index (χ3n) is 4.05. The largest absolute Gasteiger partial charge is 0.508 e. The molecule has 8 heteroatoms. The lowest BCUT2D eigenvalue weighted by Crippen LogP contribution is -2.25. The van der Waals surface area contributed by atoms with Crippen molar-refractivity contribution in [3.8, 4) is 5.75 Å². The quantitative estimate of drug-likeness (QED) is 0.336. The van der Waals surface area contributed by atoms with Gasteiger partial charge in [-0.2, -0.15) is 0 Å². The summed E-state index contributed by atoms with van der Waals surface area (Å²) in [4.78, 5) is 26.7. The molecule has 0 spiro atoms. The Morgan fingerprint density at radius 3 is 2.78 bits per heavy atom. The maximum atomic E-state index is 12.0. The van der Waals surface area contributed by atoms with Crippen LogP contribution in [0.5, 0.6) is 5.75 Å². The van der Waals surface area contributed by atoms with Gasteiger partial charge < -0.3 is 15.7 Å². The van der Waals surface area contributed by atoms with Crippen molar-refractivity contribution >= 4 is 28.1 Å². The molecule has 1 amide bonds. The number of aromatic hydroxyl groups is 1. The van der Waals surface area contributed by atoms with Gasteiger partial charge in [0.05, 0.1) is 10.3 Å². The van der Waals surface area contributed by atoms with E-state index in [1.807, 2.05) is 0 Å². The highest BCUT2D eigenvalue weighted by Gasteiger charge is 2.14. The highest BCUT2D eigenvalue weighted by Crippen LogP contribution is 2.30. The van der Waals surface area contributed by atoms with E-state index >= 15 is 0 Å². The number of anilines is 1. The van der Waals surface area contributed by atoms with E-state index < -0.39 is 4.92 Å². The number of carbonyl (C=O) groups excluding carboxylic acids is 1. The number of nitrogens with zero attached hydrogens (tertiary/aromatic N) is 2. The van der Waals surface area contributed by atoms with E-state index in [-0.39, 0.29) is 17.3 Å². The molecule has 0 saturated heterocycles. The fraction of sp³-hybridized carbons (Fsp3) is 0.158. The van der Waals surface area contributed by atoms with Crippen molar-refractivity contribution in [1.82, 2.24) is 10.3 Å². The van der Waals surface area contributed by atoms with E-state index in [1.54, 1.807) is 30.5 Å². The molecular weight excluding hydrogens is 348 g/mol. The summed E-state index contributed by atoms with van der Waals surface area (Å²) in [5.74, 6) is -0.207. The van der Waals surface area contributed by atoms with Crippen molar-refractivity contribution < 1.29 is 14.8 Å². The second-order valence-corrected chi connectivity index (χ2v) is 5.90. The summed E-state index contributed by atoms with van der Waals surface area (Å²) in [5, 5.41) is 27.8. The third kappa shape index (κ3) is 4.30. The second kappa shape index (κ2) is 8.13. The summed E-state index contributed by atoms with van der Waals surface area (Å²) in [6.07, 6.45) is 3.73. The summed E-state index contributed by atoms with van der Waals surface area (Å²) in [6.45, 7) is 1.03. The molecule has 3 aromatic rings. The van der Waals surface area contributed by atoms with Crippen LogP contribution < -0.4 is 10.6 Å². The number of hydrogen-bond donors (Lipinski definition) is 3. The Morgan fingerprint density at radius 2 is 2.00 bits per heavy atom. The molecule has 1 heterocycles. The highest BCUT2D eigenvalue weighted by molar-refractivity contribution is 5.99. The number of pyridine rings is 1. The summed E-state index contributed by atoms with van der Waals surface area (Å²) < 4.78 is 0. The normalized spacial score (nSPS) is 10.5. The molecular formula is C19H18N4O4. The molecule has 0 unspecified atom stereocenters. The summed E-state index contributed by atoms with van der Waals surface area (Å²) in [7, 11) is 0. The molecule has 3 rings (SSSR count). The van der Waals surface area contributed by atoms with Crippen LogP contribution in [0.4, 0.5) is 11.4 Å². The molecule has 0 aliphatic rings. The van der Waals surface area contributed by atoms with Gasteiger partial charge in [-0.1, -0.05) is 6.07 Å². The number of hydrogen-bond acceptors (Lipinski definition) is 6. The average molecular weight is 366 g/mol. The Balaban J connectivity index is 1.56. The van der Waals surface area contributed by atoms with Crippen LogP contribution >= 0.6 is 0 Å². The standard InChI is InChI=1S/C19H18N4O4/c24-14-4-1-3-13(11-14)19(25)22-9-2-8-21-17-5-6-18(23(26)27)16-12-20-10-7-15(16)17/h1,3-7,10-12,21,24H,2,8-9H2,(H,22,25). The SMILES string of the molecule is O=C(NCCCNc1ccc([N+](=O)[O-])c2cnccc12)c1cccc(O)c1. The number of benzene rings is 2. The Labute approximate surface area is 155 Å². The third-order valence-corrected chi connectivity index (χ3v) is 4.05. The smallest absolute Gasteiger partial charge is 0.278 e. The molecule has 8 nitrogen and oxygen atoms in total. The zero-order chi connectivity index (χ0) is 19.2. The fourth-order valence-electron chi connectivity index (χ4n) is 2.75. The van der Waals surface area contributed by atoms with E-state index in [0.717, 1.165) is 11.1 Å². The minimum Gasteiger partial charge on any atom is -0.508 e. The van der Waals surface area contributed by atoms with Gasteiger partial charge in [-0.25, -0.2) is 0 Å². The van der Waals surface area contributed by atoms with E-state index in [1.165, 1.54) is 24.4 Å². The first kappa shape index (κ1) is 18.1. The number of phenols is 1. The van der Waals surface area contributed by atoms with Gasteiger partial charge in [-0.15, -0.1) is 0 Å². The van der Waals surface area contributed by atoms with E-state index in [2.05, 4.69) is 15.6 Å². The predicted octanol–water partition coefficient (Wildman–Crippen LogP) is 3.08. The lowest BCUT2D eigenvalue weighted by molar-refractivity contribution is -0.383. The zero-order valence-corrected chi connectivity index (χ0v) is 14.4. The van der Waals surface area contributed by atoms with Crippen molar-refractivity contribution in [1.29, 1.82) is 0 Å². The number of rotatable bonds is 7. The summed E-state index contributed by atoms with van der Waals surface area (Å²) >= 11 is 0. The minimum atomic E-state index is -0.426. The maximum Gasteiger partial charge on any atom is 0.278 e. The van der Waals surface area contributed by atoms with E-state index in [0.29, 0.717) is 30.5 Å². The number of carbonyl (C=O) groups is 1. The first-order valence-corrected chi connectivity index (χ1v) is 8.38. The maximum absolute atomic E-state index is 12.0. The van der Waals surface area contributed by atoms with Crippen LogP contribution in [0.2, 0.25) is 0 Å². The molecule has 1 aromatic heterocycles. The molecule has 0 radical (unpaired) electrons. The molecule has 0 bridgehead atoms. The molecule has 138 valence electrons. The average Bonchev–Trinajstić information content (AvgIpc) is 2.67. The molecule has 0 aliphatic carbocycles. The summed E-state index contributed by atoms with van der Waals surface area (Å²) in [5.41, 5.74) is 1.19. The van der Waals surface area contributed by atoms with Crippen molar-refractivity contribution in [3.05, 3.63) is 70.5 Å². The van der Waals surface area contributed by atoms with Gasteiger partial charge >= 0.3 is 0 Å². The van der Waals surface area contributed by atoms with E-state index in [4.69, 9.17) is 0 Å². The van der Waals surface area contributed by atoms with Crippen LogP contribution in [0.3, 0.4) is 0 Å². The van der Waals surface area contributed by atoms with Crippen LogP contribution in [0.1, 0.15) is 16.8 Å². The second-order valence-electron chi connectivity index (χ2n) is 5.90. The van der Waals surface area contributed by atoms with Gasteiger partial charge in [0, 0.05) is 48.2 Å². The van der Waals surface area contributed by atoms with Gasteiger partial charge in [0.2, 0.25) is 0 Å². The number of aromatic nitrogens is 1. The molecule has 0 fully saturated rings. The number of nitro benzene ring substituents is 1. The topological polar surface area (TPSA) is 117 Å². The van der Waals surface area contributed by atoms with Crippen molar-refractivity contribution in [2.75, 3.05) is 18.4 Å². The number of nitro groups is 1. The number of nitrogens with one attached hydrogen (secondary N) is 2. The van der Waals surface area contributed by atoms with Gasteiger partial charge in [0.1, 0.15) is 5.75 Å². The van der Waals surface area contributed by atoms with Gasteiger partial charge in [0.15, 0.2) is 0 Å². The number of fused-ring (bicyclic) bond motifs is 1. The highest BCUT2D eigenvalue weighted by atomic mass is 16.6. The molecule has 0 atom stereocenters. The van der Waals surface area contributed by atoms with Crippen molar-refractivity contribution in [2.24, 2.45) is 0 Å². The van der Waals surface area contributed by atoms with Crippen molar-refractivity contribution in [3.63, 3.8) is 0 Å². The molecule has 0 saturated carbocycles. The van der Waals surface area contributed by atoms with Crippen LogP contribution in [0.25, 0.3) is 10.8 Å². The lowest BCUT2D eigenvalue weighted by atomic mass is 10.1. The van der Waals surface area contributed by atoms with E-state index in [9.17, 15) is 20.0 Å². The van der Waals surface area contributed by atoms with Crippen molar-refractivity contribution in [2.45, 2.75) is 6.42 Å². The first-order chi connectivity index (χ1) is 13.1. The van der Waals surface area contributed by atoms with Crippen LogP contribution in [-0.4, -0.2) is 34.0 Å². The van der Waals surface area contributed by atoms with Gasteiger partial charge in [-0.05, 0) is 36.8 Å².